The van der Waals surface area contributed by atoms with Crippen LogP contribution in [0.2, 0.25) is 0 Å². The number of carbonyl (C=O) groups excluding carboxylic acids is 1. The quantitative estimate of drug-likeness (QED) is 0.602. The predicted molar refractivity (Wildman–Crippen MR) is 40.0 cm³/mol. The van der Waals surface area contributed by atoms with Gasteiger partial charge in [0, 0.05) is 0 Å². The molecule has 11 heavy (non-hydrogen) atoms. The van der Waals surface area contributed by atoms with E-state index in [1.165, 1.54) is 0 Å². The first-order chi connectivity index (χ1) is 5.14. The van der Waals surface area contributed by atoms with E-state index in [2.05, 4.69) is 0 Å². The Kier molecular flexibility index (Phi) is 2.18. The molecule has 0 radical (unpaired) electrons. The van der Waals surface area contributed by atoms with Crippen LogP contribution in [0.1, 0.15) is 26.7 Å². The number of aliphatic hydroxyl groups is 1. The summed E-state index contributed by atoms with van der Waals surface area (Å²) in [6.07, 6.45) is 1.24. The summed E-state index contributed by atoms with van der Waals surface area (Å²) < 4.78 is 4.77. The van der Waals surface area contributed by atoms with Crippen molar-refractivity contribution >= 4 is 5.97 Å². The lowest BCUT2D eigenvalue weighted by Gasteiger charge is -2.22. The van der Waals surface area contributed by atoms with Crippen molar-refractivity contribution in [1.82, 2.24) is 0 Å². The monoisotopic (exact) mass is 158 g/mol. The van der Waals surface area contributed by atoms with Gasteiger partial charge in [-0.05, 0) is 12.8 Å². The van der Waals surface area contributed by atoms with Gasteiger partial charge in [0.25, 0.3) is 0 Å². The van der Waals surface area contributed by atoms with E-state index in [0.717, 1.165) is 0 Å². The summed E-state index contributed by atoms with van der Waals surface area (Å²) >= 11 is 0. The smallest absolute Gasteiger partial charge is 0.312 e. The van der Waals surface area contributed by atoms with Crippen molar-refractivity contribution in [2.24, 2.45) is 5.92 Å². The van der Waals surface area contributed by atoms with Gasteiger partial charge in [-0.3, -0.25) is 4.79 Å². The van der Waals surface area contributed by atoms with Crippen LogP contribution in [-0.2, 0) is 9.53 Å². The van der Waals surface area contributed by atoms with Gasteiger partial charge < -0.3 is 9.84 Å². The van der Waals surface area contributed by atoms with Crippen molar-refractivity contribution in [2.75, 3.05) is 6.61 Å². The summed E-state index contributed by atoms with van der Waals surface area (Å²) in [5, 5.41) is 9.78. The molecule has 0 amide bonds. The second-order valence-corrected chi connectivity index (χ2v) is 3.03. The third-order valence-corrected chi connectivity index (χ3v) is 2.42. The van der Waals surface area contributed by atoms with Gasteiger partial charge in [0.1, 0.15) is 12.2 Å². The second-order valence-electron chi connectivity index (χ2n) is 3.03. The molecule has 0 aromatic rings. The molecular formula is C8H14O3. The Bertz CT molecular complexity index is 167. The van der Waals surface area contributed by atoms with Gasteiger partial charge >= 0.3 is 5.97 Å². The maximum atomic E-state index is 11.0. The van der Waals surface area contributed by atoms with Gasteiger partial charge in [0.05, 0.1) is 5.92 Å². The van der Waals surface area contributed by atoms with E-state index in [1.807, 2.05) is 13.8 Å². The molecular weight excluding hydrogens is 144 g/mol. The molecule has 1 aliphatic rings. The molecule has 2 atom stereocenters. The Labute approximate surface area is 66.4 Å². The molecule has 1 fully saturated rings. The van der Waals surface area contributed by atoms with Crippen molar-refractivity contribution in [3.63, 3.8) is 0 Å². The van der Waals surface area contributed by atoms with Crippen LogP contribution in [0.5, 0.6) is 0 Å². The topological polar surface area (TPSA) is 46.5 Å². The minimum Gasteiger partial charge on any atom is -0.462 e. The summed E-state index contributed by atoms with van der Waals surface area (Å²) in [5.41, 5.74) is -0.897. The van der Waals surface area contributed by atoms with Crippen LogP contribution in [0.15, 0.2) is 0 Å². The fraction of sp³-hybridized carbons (Fsp3) is 0.875. The molecule has 1 heterocycles. The molecule has 1 rings (SSSR count). The van der Waals surface area contributed by atoms with Gasteiger partial charge in [-0.2, -0.15) is 0 Å². The SMILES string of the molecule is CCC1C(=O)OCC1(O)CC. The minimum atomic E-state index is -0.897. The van der Waals surface area contributed by atoms with Crippen LogP contribution in [-0.4, -0.2) is 23.3 Å². The lowest BCUT2D eigenvalue weighted by atomic mass is 9.86. The molecule has 0 bridgehead atoms. The molecule has 0 aromatic heterocycles. The van der Waals surface area contributed by atoms with Gasteiger partial charge in [0.2, 0.25) is 0 Å². The van der Waals surface area contributed by atoms with Crippen molar-refractivity contribution in [1.29, 1.82) is 0 Å². The van der Waals surface area contributed by atoms with E-state index in [4.69, 9.17) is 4.74 Å². The van der Waals surface area contributed by atoms with Crippen LogP contribution in [0.25, 0.3) is 0 Å². The Morgan fingerprint density at radius 3 is 2.73 bits per heavy atom. The zero-order valence-corrected chi connectivity index (χ0v) is 6.96. The second kappa shape index (κ2) is 2.81. The first-order valence-electron chi connectivity index (χ1n) is 4.03. The van der Waals surface area contributed by atoms with Crippen molar-refractivity contribution in [3.8, 4) is 0 Å². The predicted octanol–water partition coefficient (Wildman–Crippen LogP) is 0.711. The molecule has 1 saturated heterocycles. The standard InChI is InChI=1S/C8H14O3/c1-3-6-7(9)11-5-8(6,10)4-2/h6,10H,3-5H2,1-2H3. The van der Waals surface area contributed by atoms with E-state index in [1.54, 1.807) is 0 Å². The van der Waals surface area contributed by atoms with Crippen LogP contribution in [0, 0.1) is 5.92 Å². The van der Waals surface area contributed by atoms with Gasteiger partial charge in [-0.25, -0.2) is 0 Å². The number of cyclic esters (lactones) is 1. The minimum absolute atomic E-state index is 0.167. The average molecular weight is 158 g/mol. The summed E-state index contributed by atoms with van der Waals surface area (Å²) in [5.74, 6) is -0.565. The van der Waals surface area contributed by atoms with E-state index in [0.29, 0.717) is 12.8 Å². The highest BCUT2D eigenvalue weighted by Crippen LogP contribution is 2.31. The summed E-state index contributed by atoms with van der Waals surface area (Å²) in [7, 11) is 0. The van der Waals surface area contributed by atoms with E-state index >= 15 is 0 Å². The lowest BCUT2D eigenvalue weighted by molar-refractivity contribution is -0.141. The number of rotatable bonds is 2. The zero-order valence-electron chi connectivity index (χ0n) is 6.96. The molecule has 0 aromatic carbocycles. The first kappa shape index (κ1) is 8.53. The number of ether oxygens (including phenoxy) is 1. The normalized spacial score (nSPS) is 37.4. The van der Waals surface area contributed by atoms with Crippen molar-refractivity contribution in [3.05, 3.63) is 0 Å². The van der Waals surface area contributed by atoms with Crippen LogP contribution >= 0.6 is 0 Å². The van der Waals surface area contributed by atoms with E-state index in [9.17, 15) is 9.90 Å². The first-order valence-corrected chi connectivity index (χ1v) is 4.03. The van der Waals surface area contributed by atoms with Crippen LogP contribution in [0.4, 0.5) is 0 Å². The van der Waals surface area contributed by atoms with Gasteiger partial charge in [-0.15, -0.1) is 0 Å². The van der Waals surface area contributed by atoms with Crippen molar-refractivity contribution in [2.45, 2.75) is 32.3 Å². The third-order valence-electron chi connectivity index (χ3n) is 2.42. The highest BCUT2D eigenvalue weighted by Gasteiger charge is 2.46. The molecule has 1 N–H and O–H groups in total. The molecule has 0 aliphatic carbocycles. The highest BCUT2D eigenvalue weighted by molar-refractivity contribution is 5.76. The Balaban J connectivity index is 2.75. The van der Waals surface area contributed by atoms with E-state index < -0.39 is 5.60 Å². The molecule has 64 valence electrons. The van der Waals surface area contributed by atoms with Crippen LogP contribution in [0.3, 0.4) is 0 Å². The third kappa shape index (κ3) is 1.25. The van der Waals surface area contributed by atoms with Gasteiger partial charge in [0.15, 0.2) is 0 Å². The Hall–Kier alpha value is -0.570. The fourth-order valence-corrected chi connectivity index (χ4v) is 1.51. The van der Waals surface area contributed by atoms with E-state index in [-0.39, 0.29) is 18.5 Å². The maximum absolute atomic E-state index is 11.0. The van der Waals surface area contributed by atoms with Gasteiger partial charge in [-0.1, -0.05) is 13.8 Å². The molecule has 0 spiro atoms. The lowest BCUT2D eigenvalue weighted by Crippen LogP contribution is -2.36. The van der Waals surface area contributed by atoms with Crippen molar-refractivity contribution < 1.29 is 14.6 Å². The molecule has 3 heteroatoms. The molecule has 3 nitrogen and oxygen atoms in total. The van der Waals surface area contributed by atoms with Crippen LogP contribution < -0.4 is 0 Å². The number of carbonyl (C=O) groups is 1. The average Bonchev–Trinajstić information content (AvgIpc) is 2.29. The summed E-state index contributed by atoms with van der Waals surface area (Å²) in [6.45, 7) is 3.92. The molecule has 2 unspecified atom stereocenters. The Morgan fingerprint density at radius 1 is 1.73 bits per heavy atom. The number of hydrogen-bond donors (Lipinski definition) is 1. The molecule has 1 aliphatic heterocycles. The largest absolute Gasteiger partial charge is 0.462 e. The summed E-state index contributed by atoms with van der Waals surface area (Å²) in [6, 6.07) is 0. The number of hydrogen-bond acceptors (Lipinski definition) is 3. The summed E-state index contributed by atoms with van der Waals surface area (Å²) in [4.78, 5) is 11.0. The number of esters is 1. The zero-order chi connectivity index (χ0) is 8.48. The Morgan fingerprint density at radius 2 is 2.36 bits per heavy atom. The highest BCUT2D eigenvalue weighted by atomic mass is 16.6. The fourth-order valence-electron chi connectivity index (χ4n) is 1.51. The maximum Gasteiger partial charge on any atom is 0.312 e. The molecule has 0 saturated carbocycles.